The monoisotopic (exact) mass is 248 g/mol. The molecular formula is C9H10BrFO2. The van der Waals surface area contributed by atoms with Crippen molar-refractivity contribution in [2.45, 2.75) is 6.10 Å². The fourth-order valence-electron chi connectivity index (χ4n) is 0.973. The van der Waals surface area contributed by atoms with Crippen molar-refractivity contribution in [1.29, 1.82) is 0 Å². The molecule has 2 nitrogen and oxygen atoms in total. The summed E-state index contributed by atoms with van der Waals surface area (Å²) in [6, 6.07) is 4.30. The number of alkyl halides is 1. The number of ether oxygens (including phenoxy) is 1. The minimum atomic E-state index is -0.630. The van der Waals surface area contributed by atoms with Gasteiger partial charge in [0.2, 0.25) is 0 Å². The maximum absolute atomic E-state index is 12.9. The molecule has 0 radical (unpaired) electrons. The lowest BCUT2D eigenvalue weighted by atomic mass is 10.1. The Labute approximate surface area is 84.5 Å². The third-order valence-corrected chi connectivity index (χ3v) is 2.32. The number of aliphatic hydroxyl groups excluding tert-OH is 1. The summed E-state index contributed by atoms with van der Waals surface area (Å²) in [7, 11) is 1.39. The van der Waals surface area contributed by atoms with Crippen molar-refractivity contribution < 1.29 is 14.2 Å². The Kier molecular flexibility index (Phi) is 3.69. The van der Waals surface area contributed by atoms with Crippen LogP contribution in [-0.2, 0) is 0 Å². The zero-order chi connectivity index (χ0) is 9.84. The molecule has 0 fully saturated rings. The fourth-order valence-corrected chi connectivity index (χ4v) is 1.35. The summed E-state index contributed by atoms with van der Waals surface area (Å²) >= 11 is 3.13. The smallest absolute Gasteiger partial charge is 0.165 e. The molecule has 0 saturated heterocycles. The molecule has 0 saturated carbocycles. The number of hydrogen-bond donors (Lipinski definition) is 1. The van der Waals surface area contributed by atoms with Crippen LogP contribution in [0, 0.1) is 5.82 Å². The highest BCUT2D eigenvalue weighted by molar-refractivity contribution is 9.09. The minimum Gasteiger partial charge on any atom is -0.494 e. The quantitative estimate of drug-likeness (QED) is 0.832. The Morgan fingerprint density at radius 1 is 1.62 bits per heavy atom. The maximum Gasteiger partial charge on any atom is 0.165 e. The molecule has 1 aromatic rings. The van der Waals surface area contributed by atoms with Crippen LogP contribution in [0.25, 0.3) is 0 Å². The highest BCUT2D eigenvalue weighted by Crippen LogP contribution is 2.23. The van der Waals surface area contributed by atoms with Crippen LogP contribution in [0.4, 0.5) is 4.39 Å². The van der Waals surface area contributed by atoms with Crippen molar-refractivity contribution in [3.8, 4) is 5.75 Å². The number of aliphatic hydroxyl groups is 1. The van der Waals surface area contributed by atoms with E-state index in [1.54, 1.807) is 0 Å². The maximum atomic E-state index is 12.9. The van der Waals surface area contributed by atoms with Gasteiger partial charge >= 0.3 is 0 Å². The van der Waals surface area contributed by atoms with Crippen LogP contribution < -0.4 is 4.74 Å². The largest absolute Gasteiger partial charge is 0.494 e. The van der Waals surface area contributed by atoms with Gasteiger partial charge in [0.05, 0.1) is 13.2 Å². The Bertz CT molecular complexity index is 291. The molecule has 4 heteroatoms. The van der Waals surface area contributed by atoms with Gasteiger partial charge in [-0.25, -0.2) is 4.39 Å². The van der Waals surface area contributed by atoms with Gasteiger partial charge in [0.1, 0.15) is 0 Å². The highest BCUT2D eigenvalue weighted by atomic mass is 79.9. The summed E-state index contributed by atoms with van der Waals surface area (Å²) in [5.74, 6) is -0.273. The van der Waals surface area contributed by atoms with Gasteiger partial charge in [-0.2, -0.15) is 0 Å². The van der Waals surface area contributed by atoms with Gasteiger partial charge in [-0.05, 0) is 17.7 Å². The Morgan fingerprint density at radius 2 is 2.31 bits per heavy atom. The topological polar surface area (TPSA) is 29.5 Å². The number of hydrogen-bond acceptors (Lipinski definition) is 2. The van der Waals surface area contributed by atoms with Crippen LogP contribution in [-0.4, -0.2) is 17.5 Å². The molecule has 0 aliphatic rings. The van der Waals surface area contributed by atoms with Crippen molar-refractivity contribution >= 4 is 15.9 Å². The predicted molar refractivity (Wildman–Crippen MR) is 51.7 cm³/mol. The van der Waals surface area contributed by atoms with Crippen molar-refractivity contribution in [2.75, 3.05) is 12.4 Å². The third kappa shape index (κ3) is 2.42. The molecule has 1 atom stereocenters. The summed E-state index contributed by atoms with van der Waals surface area (Å²) in [6.07, 6.45) is -0.630. The summed E-state index contributed by atoms with van der Waals surface area (Å²) in [4.78, 5) is 0. The molecule has 1 unspecified atom stereocenters. The first-order valence-electron chi connectivity index (χ1n) is 3.76. The molecule has 1 aromatic carbocycles. The van der Waals surface area contributed by atoms with E-state index in [0.29, 0.717) is 10.9 Å². The van der Waals surface area contributed by atoms with Crippen LogP contribution in [0.2, 0.25) is 0 Å². The molecule has 0 aliphatic carbocycles. The molecule has 0 heterocycles. The average Bonchev–Trinajstić information content (AvgIpc) is 2.17. The summed E-state index contributed by atoms with van der Waals surface area (Å²) in [5.41, 5.74) is 0.634. The van der Waals surface area contributed by atoms with E-state index in [9.17, 15) is 9.50 Å². The number of benzene rings is 1. The van der Waals surface area contributed by atoms with Crippen molar-refractivity contribution in [3.63, 3.8) is 0 Å². The first-order chi connectivity index (χ1) is 6.19. The molecule has 0 bridgehead atoms. The molecular weight excluding hydrogens is 239 g/mol. The van der Waals surface area contributed by atoms with Crippen LogP contribution in [0.15, 0.2) is 18.2 Å². The van der Waals surface area contributed by atoms with Crippen molar-refractivity contribution in [3.05, 3.63) is 29.6 Å². The second kappa shape index (κ2) is 4.58. The van der Waals surface area contributed by atoms with Gasteiger partial charge < -0.3 is 9.84 Å². The normalized spacial score (nSPS) is 12.6. The number of methoxy groups -OCH3 is 1. The van der Waals surface area contributed by atoms with Gasteiger partial charge in [-0.1, -0.05) is 22.0 Å². The minimum absolute atomic E-state index is 0.150. The molecule has 13 heavy (non-hydrogen) atoms. The molecule has 0 aromatic heterocycles. The highest BCUT2D eigenvalue weighted by Gasteiger charge is 2.09. The lowest BCUT2D eigenvalue weighted by Crippen LogP contribution is -1.99. The van der Waals surface area contributed by atoms with E-state index in [2.05, 4.69) is 15.9 Å². The zero-order valence-corrected chi connectivity index (χ0v) is 8.71. The van der Waals surface area contributed by atoms with Crippen molar-refractivity contribution in [1.82, 2.24) is 0 Å². The zero-order valence-electron chi connectivity index (χ0n) is 7.13. The van der Waals surface area contributed by atoms with Gasteiger partial charge in [-0.15, -0.1) is 0 Å². The van der Waals surface area contributed by atoms with Crippen molar-refractivity contribution in [2.24, 2.45) is 0 Å². The van der Waals surface area contributed by atoms with E-state index < -0.39 is 11.9 Å². The molecule has 0 aliphatic heterocycles. The van der Waals surface area contributed by atoms with Gasteiger partial charge in [-0.3, -0.25) is 0 Å². The molecule has 1 N–H and O–H groups in total. The van der Waals surface area contributed by atoms with E-state index in [4.69, 9.17) is 4.74 Å². The summed E-state index contributed by atoms with van der Waals surface area (Å²) in [6.45, 7) is 0. The van der Waals surface area contributed by atoms with Gasteiger partial charge in [0.25, 0.3) is 0 Å². The SMILES string of the molecule is COc1cc(C(O)CBr)ccc1F. The second-order valence-corrected chi connectivity index (χ2v) is 3.21. The van der Waals surface area contributed by atoms with Crippen LogP contribution in [0.3, 0.4) is 0 Å². The number of rotatable bonds is 3. The lowest BCUT2D eigenvalue weighted by molar-refractivity contribution is 0.204. The van der Waals surface area contributed by atoms with Gasteiger partial charge in [0.15, 0.2) is 11.6 Å². The molecule has 0 spiro atoms. The first-order valence-corrected chi connectivity index (χ1v) is 4.88. The molecule has 72 valence electrons. The number of halogens is 2. The van der Waals surface area contributed by atoms with Crippen LogP contribution in [0.5, 0.6) is 5.75 Å². The van der Waals surface area contributed by atoms with E-state index in [-0.39, 0.29) is 5.75 Å². The molecule has 1 rings (SSSR count). The Balaban J connectivity index is 2.99. The first kappa shape index (κ1) is 10.5. The standard InChI is InChI=1S/C9H10BrFO2/c1-13-9-4-6(8(12)5-10)2-3-7(9)11/h2-4,8,12H,5H2,1H3. The average molecular weight is 249 g/mol. The Morgan fingerprint density at radius 3 is 2.85 bits per heavy atom. The van der Waals surface area contributed by atoms with E-state index in [1.165, 1.54) is 25.3 Å². The second-order valence-electron chi connectivity index (χ2n) is 2.56. The van der Waals surface area contributed by atoms with E-state index in [0.717, 1.165) is 0 Å². The lowest BCUT2D eigenvalue weighted by Gasteiger charge is -2.09. The Hall–Kier alpha value is -0.610. The van der Waals surface area contributed by atoms with Crippen LogP contribution >= 0.6 is 15.9 Å². The van der Waals surface area contributed by atoms with Gasteiger partial charge in [0, 0.05) is 5.33 Å². The van der Waals surface area contributed by atoms with Crippen LogP contribution in [0.1, 0.15) is 11.7 Å². The van der Waals surface area contributed by atoms with E-state index >= 15 is 0 Å². The fraction of sp³-hybridized carbons (Fsp3) is 0.333. The molecule has 0 amide bonds. The summed E-state index contributed by atoms with van der Waals surface area (Å²) < 4.78 is 17.7. The summed E-state index contributed by atoms with van der Waals surface area (Å²) in [5, 5.41) is 9.83. The van der Waals surface area contributed by atoms with E-state index in [1.807, 2.05) is 0 Å². The predicted octanol–water partition coefficient (Wildman–Crippen LogP) is 2.26. The third-order valence-electron chi connectivity index (χ3n) is 1.71.